The van der Waals surface area contributed by atoms with Gasteiger partial charge in [-0.05, 0) is 44.0 Å². The average molecular weight is 332 g/mol. The van der Waals surface area contributed by atoms with E-state index in [1.54, 1.807) is 4.90 Å². The van der Waals surface area contributed by atoms with Crippen molar-refractivity contribution in [1.29, 1.82) is 0 Å². The molecule has 0 aromatic carbocycles. The third kappa shape index (κ3) is 3.64. The number of fused-ring (bicyclic) bond motifs is 1. The van der Waals surface area contributed by atoms with Gasteiger partial charge in [-0.25, -0.2) is 0 Å². The Kier molecular flexibility index (Phi) is 5.23. The van der Waals surface area contributed by atoms with E-state index in [0.29, 0.717) is 31.2 Å². The molecule has 0 radical (unpaired) electrons. The van der Waals surface area contributed by atoms with Crippen LogP contribution < -0.4 is 5.32 Å². The van der Waals surface area contributed by atoms with E-state index >= 15 is 0 Å². The van der Waals surface area contributed by atoms with Gasteiger partial charge in [-0.1, -0.05) is 13.8 Å². The summed E-state index contributed by atoms with van der Waals surface area (Å²) in [6.45, 7) is 9.09. The molecule has 0 spiro atoms. The SMILES string of the molecule is CC(C)CN1C(=O)c2cccn2CC1C(=O)NCCN1CCCC1. The highest BCUT2D eigenvalue weighted by atomic mass is 16.2. The zero-order valence-corrected chi connectivity index (χ0v) is 14.7. The fraction of sp³-hybridized carbons (Fsp3) is 0.667. The Morgan fingerprint density at radius 2 is 2.08 bits per heavy atom. The van der Waals surface area contributed by atoms with E-state index in [-0.39, 0.29) is 11.8 Å². The first kappa shape index (κ1) is 17.0. The van der Waals surface area contributed by atoms with Crippen LogP contribution in [0.25, 0.3) is 0 Å². The van der Waals surface area contributed by atoms with Crippen LogP contribution in [0, 0.1) is 5.92 Å². The molecule has 6 heteroatoms. The normalized spacial score (nSPS) is 21.4. The molecule has 132 valence electrons. The van der Waals surface area contributed by atoms with E-state index < -0.39 is 6.04 Å². The molecule has 24 heavy (non-hydrogen) atoms. The molecule has 1 saturated heterocycles. The molecule has 1 N–H and O–H groups in total. The molecule has 2 aliphatic rings. The van der Waals surface area contributed by atoms with Crippen LogP contribution in [-0.4, -0.2) is 64.9 Å². The fourth-order valence-corrected chi connectivity index (χ4v) is 3.63. The highest BCUT2D eigenvalue weighted by Crippen LogP contribution is 2.20. The maximum absolute atomic E-state index is 12.7. The topological polar surface area (TPSA) is 57.6 Å². The molecule has 2 amide bonds. The third-order valence-electron chi connectivity index (χ3n) is 4.85. The molecule has 1 fully saturated rings. The Labute approximate surface area is 143 Å². The van der Waals surface area contributed by atoms with Crippen molar-refractivity contribution >= 4 is 11.8 Å². The van der Waals surface area contributed by atoms with Gasteiger partial charge in [0, 0.05) is 25.8 Å². The molecule has 2 aliphatic heterocycles. The van der Waals surface area contributed by atoms with Crippen LogP contribution in [-0.2, 0) is 11.3 Å². The number of rotatable bonds is 6. The van der Waals surface area contributed by atoms with Gasteiger partial charge in [0.15, 0.2) is 0 Å². The maximum atomic E-state index is 12.7. The minimum atomic E-state index is -0.418. The fourth-order valence-electron chi connectivity index (χ4n) is 3.63. The van der Waals surface area contributed by atoms with Crippen LogP contribution in [0.4, 0.5) is 0 Å². The van der Waals surface area contributed by atoms with Gasteiger partial charge in [0.25, 0.3) is 5.91 Å². The predicted molar refractivity (Wildman–Crippen MR) is 92.8 cm³/mol. The lowest BCUT2D eigenvalue weighted by atomic mass is 10.1. The average Bonchev–Trinajstić information content (AvgIpc) is 3.20. The first-order valence-electron chi connectivity index (χ1n) is 9.02. The van der Waals surface area contributed by atoms with Crippen molar-refractivity contribution in [1.82, 2.24) is 19.7 Å². The van der Waals surface area contributed by atoms with E-state index in [0.717, 1.165) is 19.6 Å². The van der Waals surface area contributed by atoms with E-state index in [9.17, 15) is 9.59 Å². The summed E-state index contributed by atoms with van der Waals surface area (Å²) in [7, 11) is 0. The maximum Gasteiger partial charge on any atom is 0.271 e. The van der Waals surface area contributed by atoms with Gasteiger partial charge < -0.3 is 19.7 Å². The number of nitrogens with one attached hydrogen (secondary N) is 1. The van der Waals surface area contributed by atoms with Crippen molar-refractivity contribution in [3.05, 3.63) is 24.0 Å². The van der Waals surface area contributed by atoms with Crippen molar-refractivity contribution in [2.45, 2.75) is 39.3 Å². The molecular weight excluding hydrogens is 304 g/mol. The Morgan fingerprint density at radius 1 is 1.33 bits per heavy atom. The van der Waals surface area contributed by atoms with Gasteiger partial charge in [-0.2, -0.15) is 0 Å². The summed E-state index contributed by atoms with van der Waals surface area (Å²) in [5.41, 5.74) is 0.678. The second kappa shape index (κ2) is 7.38. The summed E-state index contributed by atoms with van der Waals surface area (Å²) in [6.07, 6.45) is 4.39. The number of likely N-dealkylation sites (tertiary alicyclic amines) is 1. The Bertz CT molecular complexity index is 590. The van der Waals surface area contributed by atoms with Gasteiger partial charge in [0.05, 0.1) is 6.54 Å². The highest BCUT2D eigenvalue weighted by Gasteiger charge is 2.36. The Balaban J connectivity index is 1.64. The van der Waals surface area contributed by atoms with Crippen molar-refractivity contribution in [2.75, 3.05) is 32.7 Å². The molecule has 3 rings (SSSR count). The summed E-state index contributed by atoms with van der Waals surface area (Å²) >= 11 is 0. The van der Waals surface area contributed by atoms with E-state index in [1.165, 1.54) is 12.8 Å². The third-order valence-corrected chi connectivity index (χ3v) is 4.85. The summed E-state index contributed by atoms with van der Waals surface area (Å²) in [6, 6.07) is 3.28. The number of hydrogen-bond acceptors (Lipinski definition) is 3. The predicted octanol–water partition coefficient (Wildman–Crippen LogP) is 1.18. The lowest BCUT2D eigenvalue weighted by molar-refractivity contribution is -0.126. The molecule has 1 aromatic heterocycles. The molecule has 1 aromatic rings. The van der Waals surface area contributed by atoms with Crippen molar-refractivity contribution in [2.24, 2.45) is 5.92 Å². The Morgan fingerprint density at radius 3 is 2.79 bits per heavy atom. The van der Waals surface area contributed by atoms with Crippen molar-refractivity contribution in [3.63, 3.8) is 0 Å². The standard InChI is InChI=1S/C18H28N4O2/c1-14(2)12-22-16(13-21-10-5-6-15(21)18(22)24)17(23)19-7-11-20-8-3-4-9-20/h5-6,10,14,16H,3-4,7-9,11-13H2,1-2H3,(H,19,23). The summed E-state index contributed by atoms with van der Waals surface area (Å²) < 4.78 is 1.89. The largest absolute Gasteiger partial charge is 0.353 e. The van der Waals surface area contributed by atoms with Crippen molar-refractivity contribution in [3.8, 4) is 0 Å². The molecule has 1 atom stereocenters. The van der Waals surface area contributed by atoms with Crippen LogP contribution >= 0.6 is 0 Å². The van der Waals surface area contributed by atoms with Crippen LogP contribution in [0.3, 0.4) is 0 Å². The lowest BCUT2D eigenvalue weighted by Crippen LogP contribution is -2.56. The van der Waals surface area contributed by atoms with Gasteiger partial charge in [0.1, 0.15) is 11.7 Å². The first-order chi connectivity index (χ1) is 11.6. The van der Waals surface area contributed by atoms with Crippen LogP contribution in [0.15, 0.2) is 18.3 Å². The molecule has 6 nitrogen and oxygen atoms in total. The molecule has 3 heterocycles. The number of carbonyl (C=O) groups excluding carboxylic acids is 2. The second-order valence-corrected chi connectivity index (χ2v) is 7.25. The van der Waals surface area contributed by atoms with Crippen LogP contribution in [0.2, 0.25) is 0 Å². The Hall–Kier alpha value is -1.82. The molecule has 0 saturated carbocycles. The van der Waals surface area contributed by atoms with Crippen LogP contribution in [0.5, 0.6) is 0 Å². The van der Waals surface area contributed by atoms with Gasteiger partial charge >= 0.3 is 0 Å². The molecular formula is C18H28N4O2. The van der Waals surface area contributed by atoms with E-state index in [4.69, 9.17) is 0 Å². The zero-order valence-electron chi connectivity index (χ0n) is 14.7. The minimum Gasteiger partial charge on any atom is -0.353 e. The van der Waals surface area contributed by atoms with Crippen LogP contribution in [0.1, 0.15) is 37.2 Å². The van der Waals surface area contributed by atoms with Gasteiger partial charge in [-0.3, -0.25) is 9.59 Å². The second-order valence-electron chi connectivity index (χ2n) is 7.25. The summed E-state index contributed by atoms with van der Waals surface area (Å²) in [5.74, 6) is 0.248. The summed E-state index contributed by atoms with van der Waals surface area (Å²) in [5, 5.41) is 3.04. The molecule has 1 unspecified atom stereocenters. The van der Waals surface area contributed by atoms with E-state index in [2.05, 4.69) is 24.1 Å². The number of nitrogens with zero attached hydrogens (tertiary/aromatic N) is 3. The number of amides is 2. The summed E-state index contributed by atoms with van der Waals surface area (Å²) in [4.78, 5) is 29.6. The van der Waals surface area contributed by atoms with Crippen molar-refractivity contribution < 1.29 is 9.59 Å². The molecule has 0 aliphatic carbocycles. The molecule has 0 bridgehead atoms. The van der Waals surface area contributed by atoms with E-state index in [1.807, 2.05) is 22.9 Å². The van der Waals surface area contributed by atoms with Gasteiger partial charge in [0.2, 0.25) is 5.91 Å². The number of hydrogen-bond donors (Lipinski definition) is 1. The highest BCUT2D eigenvalue weighted by molar-refractivity contribution is 5.97. The lowest BCUT2D eigenvalue weighted by Gasteiger charge is -2.36. The minimum absolute atomic E-state index is 0.0393. The first-order valence-corrected chi connectivity index (χ1v) is 9.02. The quantitative estimate of drug-likeness (QED) is 0.851. The number of carbonyl (C=O) groups is 2. The smallest absolute Gasteiger partial charge is 0.271 e. The monoisotopic (exact) mass is 332 g/mol. The number of aromatic nitrogens is 1. The van der Waals surface area contributed by atoms with Gasteiger partial charge in [-0.15, -0.1) is 0 Å². The zero-order chi connectivity index (χ0) is 17.1.